The van der Waals surface area contributed by atoms with E-state index in [4.69, 9.17) is 0 Å². The van der Waals surface area contributed by atoms with Gasteiger partial charge < -0.3 is 0 Å². The van der Waals surface area contributed by atoms with Gasteiger partial charge in [-0.2, -0.15) is 144 Å². The molecule has 0 saturated carbocycles. The van der Waals surface area contributed by atoms with Crippen LogP contribution >= 0.6 is 12.6 Å². The smallest absolute Gasteiger partial charge is 0.194 e. The first kappa shape index (κ1) is 63.4. The monoisotopic (exact) mass is 1200 g/mol. The van der Waals surface area contributed by atoms with E-state index < -0.39 is 195 Å². The second kappa shape index (κ2) is 22.9. The minimum Gasteiger partial charge on any atom is -0.194 e. The fourth-order valence-electron chi connectivity index (χ4n) is 8.98. The van der Waals surface area contributed by atoms with Crippen molar-refractivity contribution in [3.8, 4) is 0 Å². The molecule has 1 heterocycles. The molecule has 7 rings (SSSR count). The molecule has 7 aromatic rings. The summed E-state index contributed by atoms with van der Waals surface area (Å²) in [6, 6.07) is 14.8. The highest BCUT2D eigenvalue weighted by Crippen LogP contribution is 2.41. The number of nitrogens with zero attached hydrogens (tertiary/aromatic N) is 1. The minimum absolute atomic E-state index is 0.447. The van der Waals surface area contributed by atoms with Crippen molar-refractivity contribution in [1.29, 1.82) is 0 Å². The predicted octanol–water partition coefficient (Wildman–Crippen LogP) is 16.5. The maximum Gasteiger partial charge on any atom is 0.416 e. The molecule has 1 nitrogen and oxygen atoms in total. The van der Waals surface area contributed by atoms with Crippen molar-refractivity contribution < 1.29 is 110 Å². The van der Waals surface area contributed by atoms with Crippen LogP contribution in [-0.4, -0.2) is 11.4 Å². The van der Waals surface area contributed by atoms with E-state index in [1.165, 1.54) is 22.2 Å². The zero-order chi connectivity index (χ0) is 60.7. The zero-order valence-electron chi connectivity index (χ0n) is 40.7. The van der Waals surface area contributed by atoms with Crippen LogP contribution in [0, 0.1) is 0 Å². The van der Waals surface area contributed by atoms with Crippen LogP contribution in [0.25, 0.3) is 17.0 Å². The van der Waals surface area contributed by atoms with Gasteiger partial charge in [-0.3, -0.25) is 0 Å². The Balaban J connectivity index is 0.000000363. The first-order valence-corrected chi connectivity index (χ1v) is 23.7. The van der Waals surface area contributed by atoms with Crippen molar-refractivity contribution in [3.05, 3.63) is 201 Å². The van der Waals surface area contributed by atoms with Gasteiger partial charge in [0.05, 0.1) is 44.5 Å². The topological polar surface area (TPSA) is 3.88 Å². The van der Waals surface area contributed by atoms with E-state index in [2.05, 4.69) is 103 Å². The quantitative estimate of drug-likeness (QED) is 0.0602. The van der Waals surface area contributed by atoms with Crippen molar-refractivity contribution >= 4 is 57.6 Å². The molecule has 0 N–H and O–H groups in total. The maximum absolute atomic E-state index is 14.2. The van der Waals surface area contributed by atoms with Crippen LogP contribution in [0.3, 0.4) is 0 Å². The number of pyridine rings is 1. The van der Waals surface area contributed by atoms with Crippen LogP contribution in [0.1, 0.15) is 75.5 Å². The fourth-order valence-corrected chi connectivity index (χ4v) is 9.13. The van der Waals surface area contributed by atoms with Gasteiger partial charge in [0.1, 0.15) is 6.15 Å². The Hall–Kier alpha value is -6.80. The number of fused-ring (bicyclic) bond motifs is 1. The van der Waals surface area contributed by atoms with Gasteiger partial charge in [-0.1, -0.05) is 104 Å². The highest BCUT2D eigenvalue weighted by molar-refractivity contribution is 7.80. The number of rotatable bonds is 10. The lowest BCUT2D eigenvalue weighted by atomic mass is 9.12. The summed E-state index contributed by atoms with van der Waals surface area (Å²) >= 11 is 4.45. The second-order valence-electron chi connectivity index (χ2n) is 18.4. The number of benzene rings is 6. The van der Waals surface area contributed by atoms with Crippen LogP contribution in [-0.2, 0) is 56.0 Å². The summed E-state index contributed by atoms with van der Waals surface area (Å²) in [5.41, 5.74) is -26.4. The van der Waals surface area contributed by atoms with Crippen molar-refractivity contribution in [2.75, 3.05) is 0 Å². The lowest BCUT2D eigenvalue weighted by Crippen LogP contribution is -2.75. The molecule has 81 heavy (non-hydrogen) atoms. The number of thiol groups is 1. The summed E-state index contributed by atoms with van der Waals surface area (Å²) in [6.07, 6.45) is -48.1. The van der Waals surface area contributed by atoms with Crippen LogP contribution in [0.5, 0.6) is 0 Å². The van der Waals surface area contributed by atoms with Gasteiger partial charge in [-0.05, 0) is 54.5 Å². The number of halogens is 24. The Kier molecular flexibility index (Phi) is 17.9. The number of hydrogen-bond acceptors (Lipinski definition) is 1. The van der Waals surface area contributed by atoms with Gasteiger partial charge in [0.25, 0.3) is 0 Å². The average Bonchev–Trinajstić information content (AvgIpc) is 3.02. The molecule has 27 heteroatoms. The fraction of sp³-hybridized carbons (Fsp3) is 0.241. The molecule has 0 aliphatic carbocycles. The normalized spacial score (nSPS) is 13.9. The Morgan fingerprint density at radius 2 is 0.691 bits per heavy atom. The number of allylic oxidation sites excluding steroid dienone is 1. The molecule has 1 aromatic heterocycles. The average molecular weight is 1200 g/mol. The molecule has 0 bridgehead atoms. The van der Waals surface area contributed by atoms with Crippen molar-refractivity contribution in [2.24, 2.45) is 0 Å². The van der Waals surface area contributed by atoms with Crippen molar-refractivity contribution in [3.63, 3.8) is 0 Å². The summed E-state index contributed by atoms with van der Waals surface area (Å²) in [5, 5.41) is 1.72. The standard InChI is InChI=1S/C32H12BF24.C22H23NS/c34-25(35,36)13-1-14(26(37,38)39)6-21(5-13)33(22-7-15(27(40,41)42)2-16(8-22)28(43,44)45,23-9-17(29(46,47)48)3-18(10-23)30(49,50)51)24-11-19(31(52,53)54)4-20(12-24)32(55,56)57;1-18(24)9-5-7-13-21-16-15-20-12-6-8-14-22(20)23(21)17-19-10-3-2-4-11-19/h1-12H;2-4,6-8,10-16,18H,5,9,17H2,1H3/q-1;/p+1. The molecule has 0 spiro atoms. The SMILES string of the molecule is CC(S)CCC=Cc1ccc2ccccc2[n+]1Cc1ccccc1.FC(F)(F)c1cc([B-](c2cc(C(F)(F)F)cc(C(F)(F)F)c2)(c2cc(C(F)(F)F)cc(C(F)(F)F)c2)c2cc(C(F)(F)F)cc(C(F)(F)F)c2)cc(C(F)(F)F)c1. The minimum atomic E-state index is -6.13. The van der Waals surface area contributed by atoms with Crippen LogP contribution in [0.4, 0.5) is 105 Å². The van der Waals surface area contributed by atoms with E-state index in [0.717, 1.165) is 19.4 Å². The lowest BCUT2D eigenvalue weighted by Gasteiger charge is -2.46. The molecule has 0 amide bonds. The van der Waals surface area contributed by atoms with Gasteiger partial charge in [-0.25, -0.2) is 0 Å². The molecule has 6 aromatic carbocycles. The molecule has 0 fully saturated rings. The molecule has 0 aliphatic rings. The molecule has 1 unspecified atom stereocenters. The molecular weight excluding hydrogens is 1160 g/mol. The first-order valence-electron chi connectivity index (χ1n) is 23.2. The summed E-state index contributed by atoms with van der Waals surface area (Å²) < 4.78 is 343. The molecular formula is C54H36BF24NS. The Morgan fingerprint density at radius 1 is 0.395 bits per heavy atom. The Labute approximate surface area is 448 Å². The summed E-state index contributed by atoms with van der Waals surface area (Å²) in [7, 11) is 0. The Bertz CT molecular complexity index is 2940. The molecule has 0 saturated heterocycles. The predicted molar refractivity (Wildman–Crippen MR) is 256 cm³/mol. The van der Waals surface area contributed by atoms with Gasteiger partial charge in [0.15, 0.2) is 6.54 Å². The second-order valence-corrected chi connectivity index (χ2v) is 19.3. The van der Waals surface area contributed by atoms with Gasteiger partial charge in [0, 0.05) is 29.2 Å². The highest BCUT2D eigenvalue weighted by Gasteiger charge is 2.47. The van der Waals surface area contributed by atoms with Gasteiger partial charge in [0.2, 0.25) is 11.2 Å². The molecule has 0 aliphatic heterocycles. The summed E-state index contributed by atoms with van der Waals surface area (Å²) in [6.45, 7) is 3.02. The number of alkyl halides is 24. The summed E-state index contributed by atoms with van der Waals surface area (Å²) in [5.74, 6) is 0. The van der Waals surface area contributed by atoms with E-state index in [1.807, 2.05) is 0 Å². The zero-order valence-corrected chi connectivity index (χ0v) is 41.6. The van der Waals surface area contributed by atoms with E-state index in [9.17, 15) is 105 Å². The molecule has 434 valence electrons. The number of aromatic nitrogens is 1. The third-order valence-electron chi connectivity index (χ3n) is 12.6. The van der Waals surface area contributed by atoms with Gasteiger partial charge in [-0.15, -0.1) is 0 Å². The van der Waals surface area contributed by atoms with E-state index >= 15 is 0 Å². The van der Waals surface area contributed by atoms with E-state index in [-0.39, 0.29) is 0 Å². The van der Waals surface area contributed by atoms with Gasteiger partial charge >= 0.3 is 49.4 Å². The van der Waals surface area contributed by atoms with E-state index in [1.54, 1.807) is 0 Å². The first-order chi connectivity index (χ1) is 37.0. The Morgan fingerprint density at radius 3 is 0.988 bits per heavy atom. The van der Waals surface area contributed by atoms with Crippen molar-refractivity contribution in [2.45, 2.75) is 81.0 Å². The van der Waals surface area contributed by atoms with Crippen LogP contribution in [0.15, 0.2) is 146 Å². The number of hydrogen-bond donors (Lipinski definition) is 1. The molecule has 0 radical (unpaired) electrons. The summed E-state index contributed by atoms with van der Waals surface area (Å²) in [4.78, 5) is 0. The molecule has 1 atom stereocenters. The maximum atomic E-state index is 14.2. The van der Waals surface area contributed by atoms with Crippen LogP contribution < -0.4 is 26.4 Å². The number of para-hydroxylation sites is 1. The van der Waals surface area contributed by atoms with Crippen molar-refractivity contribution in [1.82, 2.24) is 0 Å². The highest BCUT2D eigenvalue weighted by atomic mass is 32.1. The largest absolute Gasteiger partial charge is 0.416 e. The lowest BCUT2D eigenvalue weighted by molar-refractivity contribution is -0.664. The van der Waals surface area contributed by atoms with Crippen LogP contribution in [0.2, 0.25) is 0 Å². The third-order valence-corrected chi connectivity index (χ3v) is 12.9. The third kappa shape index (κ3) is 15.2. The van der Waals surface area contributed by atoms with E-state index in [0.29, 0.717) is 5.25 Å².